The molecule has 12 heavy (non-hydrogen) atoms. The van der Waals surface area contributed by atoms with Gasteiger partial charge in [0.25, 0.3) is 0 Å². The molecule has 0 aliphatic carbocycles. The van der Waals surface area contributed by atoms with E-state index in [1.807, 2.05) is 6.07 Å². The number of hydrogen-bond acceptors (Lipinski definition) is 1. The van der Waals surface area contributed by atoms with Crippen molar-refractivity contribution in [2.24, 2.45) is 0 Å². The van der Waals surface area contributed by atoms with Crippen LogP contribution in [-0.4, -0.2) is 0 Å². The lowest BCUT2D eigenvalue weighted by molar-refractivity contribution is 1.09. The minimum Gasteiger partial charge on any atom is -0.292 e. The van der Waals surface area contributed by atoms with Gasteiger partial charge in [0, 0.05) is 10.6 Å². The molecule has 2 nitrogen and oxygen atoms in total. The van der Waals surface area contributed by atoms with Crippen LogP contribution >= 0.6 is 11.6 Å². The van der Waals surface area contributed by atoms with Crippen LogP contribution in [0.5, 0.6) is 0 Å². The summed E-state index contributed by atoms with van der Waals surface area (Å²) in [6, 6.07) is 7.91. The van der Waals surface area contributed by atoms with E-state index in [-0.39, 0.29) is 0 Å². The maximum Gasteiger partial charge on any atom is 0.332 e. The van der Waals surface area contributed by atoms with Crippen molar-refractivity contribution in [2.75, 3.05) is 0 Å². The van der Waals surface area contributed by atoms with E-state index in [2.05, 4.69) is 4.85 Å². The highest BCUT2D eigenvalue weighted by atomic mass is 35.5. The first-order valence-electron chi connectivity index (χ1n) is 3.29. The Morgan fingerprint density at radius 2 is 2.00 bits per heavy atom. The van der Waals surface area contributed by atoms with Gasteiger partial charge in [-0.15, -0.1) is 0 Å². The van der Waals surface area contributed by atoms with E-state index >= 15 is 0 Å². The van der Waals surface area contributed by atoms with E-state index in [1.54, 1.807) is 24.3 Å². The van der Waals surface area contributed by atoms with Gasteiger partial charge < -0.3 is 0 Å². The molecule has 0 aromatic heterocycles. The summed E-state index contributed by atoms with van der Waals surface area (Å²) in [4.78, 5) is 3.15. The molecular weight excluding hydrogens is 172 g/mol. The van der Waals surface area contributed by atoms with Crippen molar-refractivity contribution in [1.82, 2.24) is 0 Å². The predicted octanol–water partition coefficient (Wildman–Crippen LogP) is 2.82. The van der Waals surface area contributed by atoms with Crippen LogP contribution in [0.4, 0.5) is 0 Å². The van der Waals surface area contributed by atoms with E-state index in [0.717, 1.165) is 0 Å². The molecule has 1 aromatic carbocycles. The standard InChI is InChI=1S/C9H5ClN2/c1-12-9(6-11)7-2-4-8(10)5-3-7/h2-5,9H. The average molecular weight is 177 g/mol. The van der Waals surface area contributed by atoms with Crippen molar-refractivity contribution in [2.45, 2.75) is 6.04 Å². The van der Waals surface area contributed by atoms with Gasteiger partial charge in [-0.25, -0.2) is 6.57 Å². The third-order valence-corrected chi connectivity index (χ3v) is 1.69. The molecule has 1 rings (SSSR count). The van der Waals surface area contributed by atoms with Gasteiger partial charge in [0.1, 0.15) is 0 Å². The zero-order chi connectivity index (χ0) is 8.97. The molecule has 1 unspecified atom stereocenters. The van der Waals surface area contributed by atoms with Gasteiger partial charge in [-0.05, 0) is 24.3 Å². The third-order valence-electron chi connectivity index (χ3n) is 1.44. The first-order valence-corrected chi connectivity index (χ1v) is 3.67. The number of rotatable bonds is 1. The van der Waals surface area contributed by atoms with E-state index in [0.29, 0.717) is 10.6 Å². The fourth-order valence-electron chi connectivity index (χ4n) is 0.823. The summed E-state index contributed by atoms with van der Waals surface area (Å²) in [6.07, 6.45) is 0. The van der Waals surface area contributed by atoms with Gasteiger partial charge in [0.05, 0.1) is 0 Å². The summed E-state index contributed by atoms with van der Waals surface area (Å²) in [5.41, 5.74) is 0.692. The minimum absolute atomic E-state index is 0.612. The molecule has 0 bridgehead atoms. The number of halogens is 1. The van der Waals surface area contributed by atoms with Crippen LogP contribution in [0.25, 0.3) is 4.85 Å². The van der Waals surface area contributed by atoms with E-state index < -0.39 is 6.04 Å². The van der Waals surface area contributed by atoms with Crippen molar-refractivity contribution in [3.05, 3.63) is 46.3 Å². The van der Waals surface area contributed by atoms with Crippen LogP contribution < -0.4 is 0 Å². The predicted molar refractivity (Wildman–Crippen MR) is 46.4 cm³/mol. The molecule has 0 spiro atoms. The molecule has 0 N–H and O–H groups in total. The number of hydrogen-bond donors (Lipinski definition) is 0. The summed E-state index contributed by atoms with van der Waals surface area (Å²) >= 11 is 5.64. The van der Waals surface area contributed by atoms with Crippen molar-refractivity contribution in [1.29, 1.82) is 5.26 Å². The lowest BCUT2D eigenvalue weighted by Crippen LogP contribution is -1.87. The monoisotopic (exact) mass is 176 g/mol. The Hall–Kier alpha value is -1.51. The quantitative estimate of drug-likeness (QED) is 0.605. The van der Waals surface area contributed by atoms with Gasteiger partial charge in [0.2, 0.25) is 0 Å². The molecule has 0 saturated carbocycles. The SMILES string of the molecule is [C-]#[N+]C(C#N)c1ccc(Cl)cc1. The number of nitrogens with zero attached hydrogens (tertiary/aromatic N) is 2. The van der Waals surface area contributed by atoms with Crippen LogP contribution in [0.2, 0.25) is 5.02 Å². The molecule has 0 amide bonds. The second kappa shape index (κ2) is 3.76. The topological polar surface area (TPSA) is 28.1 Å². The maximum absolute atomic E-state index is 8.55. The molecular formula is C9H5ClN2. The Labute approximate surface area is 75.8 Å². The second-order valence-electron chi connectivity index (χ2n) is 2.21. The Bertz CT molecular complexity index is 328. The molecule has 1 aromatic rings. The molecule has 0 heterocycles. The maximum atomic E-state index is 8.55. The summed E-state index contributed by atoms with van der Waals surface area (Å²) < 4.78 is 0. The molecule has 0 aliphatic heterocycles. The molecule has 58 valence electrons. The van der Waals surface area contributed by atoms with Gasteiger partial charge in [0.15, 0.2) is 6.07 Å². The van der Waals surface area contributed by atoms with E-state index in [9.17, 15) is 0 Å². The highest BCUT2D eigenvalue weighted by Crippen LogP contribution is 2.18. The number of nitriles is 1. The van der Waals surface area contributed by atoms with Gasteiger partial charge in [-0.1, -0.05) is 11.6 Å². The largest absolute Gasteiger partial charge is 0.332 e. The molecule has 0 radical (unpaired) electrons. The van der Waals surface area contributed by atoms with Gasteiger partial charge >= 0.3 is 6.04 Å². The molecule has 3 heteroatoms. The first kappa shape index (κ1) is 8.59. The second-order valence-corrected chi connectivity index (χ2v) is 2.65. The Morgan fingerprint density at radius 3 is 2.42 bits per heavy atom. The van der Waals surface area contributed by atoms with Gasteiger partial charge in [-0.2, -0.15) is 5.26 Å². The minimum atomic E-state index is -0.706. The van der Waals surface area contributed by atoms with Crippen LogP contribution in [0.1, 0.15) is 11.6 Å². The number of benzene rings is 1. The van der Waals surface area contributed by atoms with Crippen molar-refractivity contribution < 1.29 is 0 Å². The van der Waals surface area contributed by atoms with Gasteiger partial charge in [-0.3, -0.25) is 4.85 Å². The highest BCUT2D eigenvalue weighted by molar-refractivity contribution is 6.30. The molecule has 0 saturated heterocycles. The smallest absolute Gasteiger partial charge is 0.292 e. The van der Waals surface area contributed by atoms with Crippen LogP contribution in [-0.2, 0) is 0 Å². The molecule has 1 atom stereocenters. The molecule has 0 aliphatic rings. The third kappa shape index (κ3) is 1.75. The van der Waals surface area contributed by atoms with Crippen LogP contribution in [0.3, 0.4) is 0 Å². The van der Waals surface area contributed by atoms with Crippen molar-refractivity contribution >= 4 is 11.6 Å². The zero-order valence-corrected chi connectivity index (χ0v) is 6.92. The van der Waals surface area contributed by atoms with E-state index in [1.165, 1.54) is 0 Å². The fraction of sp³-hybridized carbons (Fsp3) is 0.111. The average Bonchev–Trinajstić information content (AvgIpc) is 2.10. The summed E-state index contributed by atoms with van der Waals surface area (Å²) in [5.74, 6) is 0. The van der Waals surface area contributed by atoms with Crippen LogP contribution in [0, 0.1) is 17.9 Å². The first-order chi connectivity index (χ1) is 5.77. The highest BCUT2D eigenvalue weighted by Gasteiger charge is 2.12. The fourth-order valence-corrected chi connectivity index (χ4v) is 0.949. The zero-order valence-electron chi connectivity index (χ0n) is 6.16. The lowest BCUT2D eigenvalue weighted by atomic mass is 10.1. The summed E-state index contributed by atoms with van der Waals surface area (Å²) in [7, 11) is 0. The summed E-state index contributed by atoms with van der Waals surface area (Å²) in [6.45, 7) is 6.72. The van der Waals surface area contributed by atoms with Crippen molar-refractivity contribution in [3.63, 3.8) is 0 Å². The lowest BCUT2D eigenvalue weighted by Gasteiger charge is -1.95. The molecule has 0 fully saturated rings. The Balaban J connectivity index is 2.99. The van der Waals surface area contributed by atoms with Crippen LogP contribution in [0.15, 0.2) is 24.3 Å². The Kier molecular flexibility index (Phi) is 2.69. The van der Waals surface area contributed by atoms with E-state index in [4.69, 9.17) is 23.4 Å². The van der Waals surface area contributed by atoms with Crippen molar-refractivity contribution in [3.8, 4) is 6.07 Å². The Morgan fingerprint density at radius 1 is 1.42 bits per heavy atom. The summed E-state index contributed by atoms with van der Waals surface area (Å²) in [5, 5.41) is 9.16. The normalized spacial score (nSPS) is 11.2.